The monoisotopic (exact) mass is 227 g/mol. The molecule has 0 fully saturated rings. The first-order chi connectivity index (χ1) is 7.47. The summed E-state index contributed by atoms with van der Waals surface area (Å²) in [4.78, 5) is 10.8. The highest BCUT2D eigenvalue weighted by Gasteiger charge is 2.13. The van der Waals surface area contributed by atoms with Gasteiger partial charge in [0.15, 0.2) is 0 Å². The van der Waals surface area contributed by atoms with E-state index in [2.05, 4.69) is 20.4 Å². The molecule has 3 unspecified atom stereocenters. The summed E-state index contributed by atoms with van der Waals surface area (Å²) < 4.78 is 4.96. The molecule has 3 heteroatoms. The van der Waals surface area contributed by atoms with Crippen LogP contribution in [0, 0.1) is 11.8 Å². The molecule has 94 valence electrons. The van der Waals surface area contributed by atoms with Crippen LogP contribution in [-0.4, -0.2) is 18.6 Å². The fourth-order valence-corrected chi connectivity index (χ4v) is 1.50. The summed E-state index contributed by atoms with van der Waals surface area (Å²) in [7, 11) is 0. The Hall–Kier alpha value is -0.830. The minimum Gasteiger partial charge on any atom is -0.463 e. The van der Waals surface area contributed by atoms with Gasteiger partial charge in [0.25, 0.3) is 0 Å². The molecule has 0 rings (SSSR count). The highest BCUT2D eigenvalue weighted by molar-refractivity contribution is 5.81. The predicted octanol–water partition coefficient (Wildman–Crippen LogP) is 2.51. The van der Waals surface area contributed by atoms with Gasteiger partial charge in [-0.15, -0.1) is 0 Å². The fraction of sp³-hybridized carbons (Fsp3) is 0.769. The Morgan fingerprint density at radius 1 is 1.25 bits per heavy atom. The van der Waals surface area contributed by atoms with Crippen molar-refractivity contribution in [3.05, 3.63) is 12.7 Å². The lowest BCUT2D eigenvalue weighted by Gasteiger charge is -2.20. The Morgan fingerprint density at radius 2 is 1.81 bits per heavy atom. The van der Waals surface area contributed by atoms with E-state index in [1.807, 2.05) is 6.92 Å². The molecule has 0 aromatic heterocycles. The number of nitrogens with two attached hydrogens (primary N) is 1. The van der Waals surface area contributed by atoms with Crippen molar-refractivity contribution in [3.63, 3.8) is 0 Å². The third kappa shape index (κ3) is 7.46. The number of carbonyl (C=O) groups is 1. The van der Waals surface area contributed by atoms with E-state index in [1.165, 1.54) is 6.08 Å². The van der Waals surface area contributed by atoms with Gasteiger partial charge in [-0.1, -0.05) is 20.4 Å². The van der Waals surface area contributed by atoms with Crippen molar-refractivity contribution in [2.45, 2.75) is 46.1 Å². The van der Waals surface area contributed by atoms with Gasteiger partial charge < -0.3 is 10.5 Å². The summed E-state index contributed by atoms with van der Waals surface area (Å²) in [6.45, 7) is 10.3. The number of ether oxygens (including phenoxy) is 1. The number of hydrogen-bond donors (Lipinski definition) is 1. The third-order valence-electron chi connectivity index (χ3n) is 3.03. The largest absolute Gasteiger partial charge is 0.463 e. The van der Waals surface area contributed by atoms with Crippen LogP contribution in [0.5, 0.6) is 0 Å². The molecule has 3 atom stereocenters. The molecule has 0 spiro atoms. The van der Waals surface area contributed by atoms with Gasteiger partial charge in [0, 0.05) is 12.1 Å². The van der Waals surface area contributed by atoms with E-state index in [1.54, 1.807) is 0 Å². The second-order valence-corrected chi connectivity index (χ2v) is 4.67. The SMILES string of the molecule is C=CC(=O)OCCC(C)C(C)CCC(C)N. The summed E-state index contributed by atoms with van der Waals surface area (Å²) in [6.07, 6.45) is 4.29. The van der Waals surface area contributed by atoms with Crippen LogP contribution in [0.25, 0.3) is 0 Å². The van der Waals surface area contributed by atoms with Crippen molar-refractivity contribution in [3.8, 4) is 0 Å². The Bertz CT molecular complexity index is 214. The molecular weight excluding hydrogens is 202 g/mol. The van der Waals surface area contributed by atoms with Crippen molar-refractivity contribution >= 4 is 5.97 Å². The van der Waals surface area contributed by atoms with E-state index in [4.69, 9.17) is 10.5 Å². The number of rotatable bonds is 8. The minimum atomic E-state index is -0.338. The summed E-state index contributed by atoms with van der Waals surface area (Å²) >= 11 is 0. The normalized spacial score (nSPS) is 16.2. The second kappa shape index (κ2) is 8.34. The Kier molecular flexibility index (Phi) is 7.90. The molecule has 0 radical (unpaired) electrons. The summed E-state index contributed by atoms with van der Waals surface area (Å²) in [5.74, 6) is 0.834. The molecule has 2 N–H and O–H groups in total. The van der Waals surface area contributed by atoms with Crippen LogP contribution in [-0.2, 0) is 9.53 Å². The number of esters is 1. The van der Waals surface area contributed by atoms with Gasteiger partial charge in [-0.05, 0) is 38.0 Å². The zero-order chi connectivity index (χ0) is 12.6. The molecule has 0 amide bonds. The number of hydrogen-bond acceptors (Lipinski definition) is 3. The average Bonchev–Trinajstić information content (AvgIpc) is 2.25. The van der Waals surface area contributed by atoms with Gasteiger partial charge in [0.2, 0.25) is 0 Å². The number of carbonyl (C=O) groups excluding carboxylic acids is 1. The average molecular weight is 227 g/mol. The van der Waals surface area contributed by atoms with Crippen LogP contribution in [0.3, 0.4) is 0 Å². The van der Waals surface area contributed by atoms with E-state index in [9.17, 15) is 4.79 Å². The Labute approximate surface area is 99.0 Å². The molecule has 0 saturated heterocycles. The first-order valence-electron chi connectivity index (χ1n) is 6.02. The van der Waals surface area contributed by atoms with E-state index in [0.717, 1.165) is 19.3 Å². The minimum absolute atomic E-state index is 0.272. The van der Waals surface area contributed by atoms with Crippen LogP contribution >= 0.6 is 0 Å². The highest BCUT2D eigenvalue weighted by Crippen LogP contribution is 2.20. The van der Waals surface area contributed by atoms with Gasteiger partial charge >= 0.3 is 5.97 Å². The van der Waals surface area contributed by atoms with Crippen LogP contribution < -0.4 is 5.73 Å². The van der Waals surface area contributed by atoms with Crippen molar-refractivity contribution in [1.82, 2.24) is 0 Å². The van der Waals surface area contributed by atoms with E-state index in [-0.39, 0.29) is 12.0 Å². The molecular formula is C13H25NO2. The smallest absolute Gasteiger partial charge is 0.330 e. The zero-order valence-corrected chi connectivity index (χ0v) is 10.7. The summed E-state index contributed by atoms with van der Waals surface area (Å²) in [5, 5.41) is 0. The van der Waals surface area contributed by atoms with Gasteiger partial charge in [0.1, 0.15) is 0 Å². The molecule has 16 heavy (non-hydrogen) atoms. The molecule has 0 aromatic carbocycles. The molecule has 0 heterocycles. The second-order valence-electron chi connectivity index (χ2n) is 4.67. The van der Waals surface area contributed by atoms with Gasteiger partial charge in [-0.3, -0.25) is 0 Å². The maximum absolute atomic E-state index is 10.8. The van der Waals surface area contributed by atoms with Gasteiger partial charge in [0.05, 0.1) is 6.61 Å². The molecule has 0 aromatic rings. The molecule has 0 bridgehead atoms. The van der Waals surface area contributed by atoms with Crippen LogP contribution in [0.1, 0.15) is 40.0 Å². The van der Waals surface area contributed by atoms with Crippen molar-refractivity contribution in [1.29, 1.82) is 0 Å². The maximum atomic E-state index is 10.8. The maximum Gasteiger partial charge on any atom is 0.330 e. The zero-order valence-electron chi connectivity index (χ0n) is 10.7. The van der Waals surface area contributed by atoms with E-state index >= 15 is 0 Å². The van der Waals surface area contributed by atoms with Crippen LogP contribution in [0.2, 0.25) is 0 Å². The lowest BCUT2D eigenvalue weighted by atomic mass is 9.88. The summed E-state index contributed by atoms with van der Waals surface area (Å²) in [5.41, 5.74) is 5.72. The quantitative estimate of drug-likeness (QED) is 0.512. The van der Waals surface area contributed by atoms with Crippen LogP contribution in [0.4, 0.5) is 0 Å². The lowest BCUT2D eigenvalue weighted by molar-refractivity contribution is -0.138. The third-order valence-corrected chi connectivity index (χ3v) is 3.03. The Balaban J connectivity index is 3.66. The van der Waals surface area contributed by atoms with Crippen molar-refractivity contribution < 1.29 is 9.53 Å². The topological polar surface area (TPSA) is 52.3 Å². The van der Waals surface area contributed by atoms with Gasteiger partial charge in [-0.25, -0.2) is 4.79 Å². The van der Waals surface area contributed by atoms with Crippen molar-refractivity contribution in [2.24, 2.45) is 17.6 Å². The first kappa shape index (κ1) is 15.2. The van der Waals surface area contributed by atoms with E-state index < -0.39 is 0 Å². The van der Waals surface area contributed by atoms with Crippen LogP contribution in [0.15, 0.2) is 12.7 Å². The van der Waals surface area contributed by atoms with E-state index in [0.29, 0.717) is 18.4 Å². The standard InChI is InChI=1S/C13H25NO2/c1-5-13(15)16-9-8-11(3)10(2)6-7-12(4)14/h5,10-12H,1,6-9,14H2,2-4H3. The first-order valence-corrected chi connectivity index (χ1v) is 6.02. The molecule has 0 aliphatic rings. The molecule has 3 nitrogen and oxygen atoms in total. The lowest BCUT2D eigenvalue weighted by Crippen LogP contribution is -2.18. The molecule has 0 aliphatic carbocycles. The van der Waals surface area contributed by atoms with Crippen molar-refractivity contribution in [2.75, 3.05) is 6.61 Å². The molecule has 0 saturated carbocycles. The predicted molar refractivity (Wildman–Crippen MR) is 67.0 cm³/mol. The van der Waals surface area contributed by atoms with Gasteiger partial charge in [-0.2, -0.15) is 0 Å². The summed E-state index contributed by atoms with van der Waals surface area (Å²) in [6, 6.07) is 0.272. The molecule has 0 aliphatic heterocycles. The highest BCUT2D eigenvalue weighted by atomic mass is 16.5. The fourth-order valence-electron chi connectivity index (χ4n) is 1.50. The Morgan fingerprint density at radius 3 is 2.31 bits per heavy atom.